The lowest BCUT2D eigenvalue weighted by molar-refractivity contribution is -0.124. The second kappa shape index (κ2) is 6.61. The summed E-state index contributed by atoms with van der Waals surface area (Å²) in [6.07, 6.45) is 0. The zero-order valence-corrected chi connectivity index (χ0v) is 12.8. The quantitative estimate of drug-likeness (QED) is 0.865. The fraction of sp³-hybridized carbons (Fsp3) is 0.533. The van der Waals surface area contributed by atoms with Crippen LogP contribution in [0.5, 0.6) is 11.5 Å². The van der Waals surface area contributed by atoms with Crippen LogP contribution >= 0.6 is 0 Å². The van der Waals surface area contributed by atoms with E-state index in [1.54, 1.807) is 13.2 Å². The first-order valence-electron chi connectivity index (χ1n) is 6.60. The molecule has 3 N–H and O–H groups in total. The molecular weight excluding hydrogens is 256 g/mol. The molecule has 1 amide bonds. The first-order chi connectivity index (χ1) is 9.23. The molecule has 0 bridgehead atoms. The molecule has 1 aromatic carbocycles. The number of methoxy groups -OCH3 is 1. The van der Waals surface area contributed by atoms with Gasteiger partial charge in [0, 0.05) is 11.6 Å². The zero-order chi connectivity index (χ0) is 15.3. The predicted molar refractivity (Wildman–Crippen MR) is 79.0 cm³/mol. The van der Waals surface area contributed by atoms with E-state index in [-0.39, 0.29) is 24.1 Å². The van der Waals surface area contributed by atoms with Crippen LogP contribution in [0.4, 0.5) is 0 Å². The van der Waals surface area contributed by atoms with Gasteiger partial charge in [0.05, 0.1) is 7.11 Å². The van der Waals surface area contributed by atoms with E-state index < -0.39 is 0 Å². The molecule has 5 nitrogen and oxygen atoms in total. The van der Waals surface area contributed by atoms with Gasteiger partial charge in [-0.25, -0.2) is 0 Å². The summed E-state index contributed by atoms with van der Waals surface area (Å²) in [5.41, 5.74) is 6.50. The highest BCUT2D eigenvalue weighted by molar-refractivity contribution is 5.78. The maximum atomic E-state index is 11.7. The third-order valence-electron chi connectivity index (χ3n) is 2.59. The lowest BCUT2D eigenvalue weighted by atomic mass is 10.1. The minimum Gasteiger partial charge on any atom is -0.493 e. The summed E-state index contributed by atoms with van der Waals surface area (Å²) in [7, 11) is 1.56. The molecule has 1 unspecified atom stereocenters. The molecule has 112 valence electrons. The largest absolute Gasteiger partial charge is 0.493 e. The molecule has 0 aliphatic rings. The molecular formula is C15H24N2O3. The Kier molecular flexibility index (Phi) is 5.39. The van der Waals surface area contributed by atoms with Crippen LogP contribution in [0.15, 0.2) is 18.2 Å². The molecule has 0 aromatic heterocycles. The molecule has 1 aromatic rings. The molecule has 0 heterocycles. The molecule has 0 saturated heterocycles. The van der Waals surface area contributed by atoms with Crippen molar-refractivity contribution in [3.8, 4) is 11.5 Å². The van der Waals surface area contributed by atoms with Gasteiger partial charge in [0.15, 0.2) is 18.1 Å². The van der Waals surface area contributed by atoms with Crippen molar-refractivity contribution in [2.24, 2.45) is 5.73 Å². The lowest BCUT2D eigenvalue weighted by Crippen LogP contribution is -2.43. The average Bonchev–Trinajstić information content (AvgIpc) is 2.33. The highest BCUT2D eigenvalue weighted by Crippen LogP contribution is 2.29. The first-order valence-corrected chi connectivity index (χ1v) is 6.60. The minimum absolute atomic E-state index is 0.0504. The maximum absolute atomic E-state index is 11.7. The lowest BCUT2D eigenvalue weighted by Gasteiger charge is -2.21. The van der Waals surface area contributed by atoms with Gasteiger partial charge >= 0.3 is 0 Å². The van der Waals surface area contributed by atoms with Crippen molar-refractivity contribution in [2.75, 3.05) is 13.7 Å². The summed E-state index contributed by atoms with van der Waals surface area (Å²) in [6.45, 7) is 7.60. The third-order valence-corrected chi connectivity index (χ3v) is 2.59. The van der Waals surface area contributed by atoms with Gasteiger partial charge in [0.25, 0.3) is 5.91 Å². The van der Waals surface area contributed by atoms with Crippen molar-refractivity contribution >= 4 is 5.91 Å². The number of hydrogen-bond donors (Lipinski definition) is 2. The van der Waals surface area contributed by atoms with Crippen molar-refractivity contribution in [2.45, 2.75) is 39.3 Å². The van der Waals surface area contributed by atoms with Crippen LogP contribution in [0.25, 0.3) is 0 Å². The van der Waals surface area contributed by atoms with Crippen LogP contribution in [0, 0.1) is 0 Å². The van der Waals surface area contributed by atoms with Crippen LogP contribution in [0.3, 0.4) is 0 Å². The van der Waals surface area contributed by atoms with Crippen molar-refractivity contribution in [3.05, 3.63) is 23.8 Å². The van der Waals surface area contributed by atoms with Crippen molar-refractivity contribution in [1.29, 1.82) is 0 Å². The highest BCUT2D eigenvalue weighted by atomic mass is 16.5. The number of hydrogen-bond acceptors (Lipinski definition) is 4. The second-order valence-electron chi connectivity index (χ2n) is 5.79. The first kappa shape index (κ1) is 16.3. The number of rotatable bonds is 5. The van der Waals surface area contributed by atoms with E-state index in [0.717, 1.165) is 5.56 Å². The molecule has 1 atom stereocenters. The SMILES string of the molecule is COc1cc(C(C)N)ccc1OCC(=O)NC(C)(C)C. The predicted octanol–water partition coefficient (Wildman–Crippen LogP) is 2.01. The molecule has 0 saturated carbocycles. The van der Waals surface area contributed by atoms with Crippen molar-refractivity contribution < 1.29 is 14.3 Å². The Morgan fingerprint density at radius 3 is 2.50 bits per heavy atom. The van der Waals surface area contributed by atoms with E-state index in [9.17, 15) is 4.79 Å². The van der Waals surface area contributed by atoms with Crippen LogP contribution in [0.2, 0.25) is 0 Å². The Bertz CT molecular complexity index is 465. The topological polar surface area (TPSA) is 73.6 Å². The summed E-state index contributed by atoms with van der Waals surface area (Å²) in [5.74, 6) is 0.931. The van der Waals surface area contributed by atoms with Gasteiger partial charge in [0.1, 0.15) is 0 Å². The maximum Gasteiger partial charge on any atom is 0.258 e. The standard InChI is InChI=1S/C15H24N2O3/c1-10(16)11-6-7-12(13(8-11)19-5)20-9-14(18)17-15(2,3)4/h6-8,10H,9,16H2,1-5H3,(H,17,18). The number of nitrogens with one attached hydrogen (secondary N) is 1. The molecule has 1 rings (SSSR count). The van der Waals surface area contributed by atoms with Crippen LogP contribution in [0.1, 0.15) is 39.3 Å². The molecule has 20 heavy (non-hydrogen) atoms. The average molecular weight is 280 g/mol. The molecule has 0 aliphatic heterocycles. The van der Waals surface area contributed by atoms with Gasteiger partial charge in [-0.2, -0.15) is 0 Å². The smallest absolute Gasteiger partial charge is 0.258 e. The van der Waals surface area contributed by atoms with Gasteiger partial charge in [-0.1, -0.05) is 6.07 Å². The Labute approximate surface area is 120 Å². The van der Waals surface area contributed by atoms with E-state index in [1.165, 1.54) is 0 Å². The third kappa shape index (κ3) is 5.09. The number of ether oxygens (including phenoxy) is 2. The Morgan fingerprint density at radius 1 is 1.35 bits per heavy atom. The molecule has 0 aliphatic carbocycles. The molecule has 0 radical (unpaired) electrons. The molecule has 5 heteroatoms. The summed E-state index contributed by atoms with van der Waals surface area (Å²) >= 11 is 0. The van der Waals surface area contributed by atoms with Gasteiger partial charge in [-0.05, 0) is 45.4 Å². The summed E-state index contributed by atoms with van der Waals surface area (Å²) in [5, 5.41) is 2.83. The van der Waals surface area contributed by atoms with Gasteiger partial charge in [0.2, 0.25) is 0 Å². The Hall–Kier alpha value is -1.75. The second-order valence-corrected chi connectivity index (χ2v) is 5.79. The number of nitrogens with two attached hydrogens (primary N) is 1. The Balaban J connectivity index is 2.71. The fourth-order valence-electron chi connectivity index (χ4n) is 1.68. The highest BCUT2D eigenvalue weighted by Gasteiger charge is 2.15. The number of carbonyl (C=O) groups excluding carboxylic acids is 1. The van der Waals surface area contributed by atoms with Gasteiger partial charge < -0.3 is 20.5 Å². The van der Waals surface area contributed by atoms with E-state index in [2.05, 4.69) is 5.32 Å². The number of benzene rings is 1. The Morgan fingerprint density at radius 2 is 2.00 bits per heavy atom. The van der Waals surface area contributed by atoms with Gasteiger partial charge in [-0.15, -0.1) is 0 Å². The summed E-state index contributed by atoms with van der Waals surface area (Å²) in [4.78, 5) is 11.7. The van der Waals surface area contributed by atoms with E-state index in [4.69, 9.17) is 15.2 Å². The van der Waals surface area contributed by atoms with Crippen LogP contribution in [-0.4, -0.2) is 25.2 Å². The molecule has 0 fully saturated rings. The van der Waals surface area contributed by atoms with E-state index in [0.29, 0.717) is 11.5 Å². The van der Waals surface area contributed by atoms with E-state index in [1.807, 2.05) is 39.8 Å². The van der Waals surface area contributed by atoms with Crippen LogP contribution in [-0.2, 0) is 4.79 Å². The minimum atomic E-state index is -0.274. The van der Waals surface area contributed by atoms with Crippen molar-refractivity contribution in [3.63, 3.8) is 0 Å². The van der Waals surface area contributed by atoms with Gasteiger partial charge in [-0.3, -0.25) is 4.79 Å². The summed E-state index contributed by atoms with van der Waals surface area (Å²) in [6, 6.07) is 5.37. The van der Waals surface area contributed by atoms with Crippen molar-refractivity contribution in [1.82, 2.24) is 5.32 Å². The van der Waals surface area contributed by atoms with Crippen LogP contribution < -0.4 is 20.5 Å². The molecule has 0 spiro atoms. The normalized spacial score (nSPS) is 12.7. The zero-order valence-electron chi connectivity index (χ0n) is 12.8. The monoisotopic (exact) mass is 280 g/mol. The summed E-state index contributed by atoms with van der Waals surface area (Å²) < 4.78 is 10.7. The number of amides is 1. The number of carbonyl (C=O) groups is 1. The fourth-order valence-corrected chi connectivity index (χ4v) is 1.68. The van der Waals surface area contributed by atoms with E-state index >= 15 is 0 Å².